The van der Waals surface area contributed by atoms with E-state index in [9.17, 15) is 5.11 Å². The highest BCUT2D eigenvalue weighted by molar-refractivity contribution is 5.54. The number of rotatable bonds is 7. The molecule has 0 aliphatic carbocycles. The van der Waals surface area contributed by atoms with Gasteiger partial charge in [-0.2, -0.15) is 0 Å². The molecule has 0 aliphatic rings. The molecular weight excluding hydrogens is 232 g/mol. The van der Waals surface area contributed by atoms with Crippen LogP contribution in [0.15, 0.2) is 12.1 Å². The molecule has 0 aliphatic heterocycles. The fourth-order valence-electron chi connectivity index (χ4n) is 1.67. The molecule has 1 aromatic rings. The second-order valence-corrected chi connectivity index (χ2v) is 4.03. The highest BCUT2D eigenvalue weighted by Crippen LogP contribution is 2.40. The highest BCUT2D eigenvalue weighted by atomic mass is 16.5. The van der Waals surface area contributed by atoms with E-state index < -0.39 is 6.10 Å². The van der Waals surface area contributed by atoms with E-state index in [2.05, 4.69) is 0 Å². The third kappa shape index (κ3) is 3.29. The first-order valence-electron chi connectivity index (χ1n) is 6.24. The monoisotopic (exact) mass is 254 g/mol. The van der Waals surface area contributed by atoms with Crippen LogP contribution in [0.1, 0.15) is 38.4 Å². The summed E-state index contributed by atoms with van der Waals surface area (Å²) in [6.45, 7) is 4.56. The lowest BCUT2D eigenvalue weighted by atomic mass is 10.1. The van der Waals surface area contributed by atoms with Gasteiger partial charge in [0.2, 0.25) is 5.75 Å². The second kappa shape index (κ2) is 7.11. The topological polar surface area (TPSA) is 47.9 Å². The fraction of sp³-hybridized carbons (Fsp3) is 0.571. The number of hydrogen-bond donors (Lipinski definition) is 1. The standard InChI is InChI=1S/C14H22O4/c1-5-7-18-14-12(16-3)8-10(11(15)6-2)9-13(14)17-4/h8-9,11,15H,5-7H2,1-4H3. The third-order valence-corrected chi connectivity index (χ3v) is 2.70. The molecule has 102 valence electrons. The first-order valence-corrected chi connectivity index (χ1v) is 6.24. The normalized spacial score (nSPS) is 12.1. The van der Waals surface area contributed by atoms with Crippen molar-refractivity contribution in [3.8, 4) is 17.2 Å². The van der Waals surface area contributed by atoms with Crippen LogP contribution < -0.4 is 14.2 Å². The smallest absolute Gasteiger partial charge is 0.203 e. The zero-order valence-electron chi connectivity index (χ0n) is 11.5. The Balaban J connectivity index is 3.16. The van der Waals surface area contributed by atoms with Crippen molar-refractivity contribution in [1.29, 1.82) is 0 Å². The van der Waals surface area contributed by atoms with Crippen LogP contribution in [0, 0.1) is 0 Å². The van der Waals surface area contributed by atoms with Gasteiger partial charge in [0, 0.05) is 0 Å². The van der Waals surface area contributed by atoms with Gasteiger partial charge in [0.1, 0.15) is 0 Å². The lowest BCUT2D eigenvalue weighted by Crippen LogP contribution is -2.03. The maximum atomic E-state index is 9.88. The molecule has 4 heteroatoms. The summed E-state index contributed by atoms with van der Waals surface area (Å²) in [5.74, 6) is 1.77. The van der Waals surface area contributed by atoms with Crippen molar-refractivity contribution >= 4 is 0 Å². The van der Waals surface area contributed by atoms with Gasteiger partial charge in [-0.25, -0.2) is 0 Å². The summed E-state index contributed by atoms with van der Waals surface area (Å²) in [6.07, 6.45) is 1.03. The van der Waals surface area contributed by atoms with E-state index in [1.165, 1.54) is 0 Å². The zero-order chi connectivity index (χ0) is 13.5. The van der Waals surface area contributed by atoms with E-state index in [0.29, 0.717) is 30.3 Å². The Kier molecular flexibility index (Phi) is 5.78. The van der Waals surface area contributed by atoms with Crippen molar-refractivity contribution in [1.82, 2.24) is 0 Å². The Hall–Kier alpha value is -1.42. The molecular formula is C14H22O4. The molecule has 0 spiro atoms. The van der Waals surface area contributed by atoms with Gasteiger partial charge in [0.05, 0.1) is 26.9 Å². The van der Waals surface area contributed by atoms with Crippen molar-refractivity contribution in [3.05, 3.63) is 17.7 Å². The van der Waals surface area contributed by atoms with Gasteiger partial charge in [-0.05, 0) is 30.5 Å². The Morgan fingerprint density at radius 1 is 1.11 bits per heavy atom. The van der Waals surface area contributed by atoms with Gasteiger partial charge in [-0.1, -0.05) is 13.8 Å². The Bertz CT molecular complexity index is 351. The molecule has 0 fully saturated rings. The van der Waals surface area contributed by atoms with E-state index in [4.69, 9.17) is 14.2 Å². The second-order valence-electron chi connectivity index (χ2n) is 4.03. The van der Waals surface area contributed by atoms with Crippen LogP contribution in [-0.4, -0.2) is 25.9 Å². The summed E-state index contributed by atoms with van der Waals surface area (Å²) >= 11 is 0. The van der Waals surface area contributed by atoms with Crippen molar-refractivity contribution in [2.24, 2.45) is 0 Å². The summed E-state index contributed by atoms with van der Waals surface area (Å²) < 4.78 is 16.2. The van der Waals surface area contributed by atoms with Crippen LogP contribution in [0.4, 0.5) is 0 Å². The zero-order valence-corrected chi connectivity index (χ0v) is 11.5. The molecule has 1 atom stereocenters. The number of hydrogen-bond acceptors (Lipinski definition) is 4. The Morgan fingerprint density at radius 2 is 1.67 bits per heavy atom. The Morgan fingerprint density at radius 3 is 2.06 bits per heavy atom. The van der Waals surface area contributed by atoms with Crippen LogP contribution in [0.5, 0.6) is 17.2 Å². The van der Waals surface area contributed by atoms with Gasteiger partial charge in [-0.3, -0.25) is 0 Å². The molecule has 1 N–H and O–H groups in total. The molecule has 0 heterocycles. The molecule has 4 nitrogen and oxygen atoms in total. The van der Waals surface area contributed by atoms with E-state index in [-0.39, 0.29) is 0 Å². The molecule has 1 aromatic carbocycles. The lowest BCUT2D eigenvalue weighted by Gasteiger charge is -2.17. The molecule has 0 saturated heterocycles. The highest BCUT2D eigenvalue weighted by Gasteiger charge is 2.16. The van der Waals surface area contributed by atoms with E-state index in [0.717, 1.165) is 12.0 Å². The van der Waals surface area contributed by atoms with Gasteiger partial charge < -0.3 is 19.3 Å². The molecule has 0 aromatic heterocycles. The molecule has 18 heavy (non-hydrogen) atoms. The Labute approximate surface area is 108 Å². The van der Waals surface area contributed by atoms with Crippen molar-refractivity contribution in [2.75, 3.05) is 20.8 Å². The third-order valence-electron chi connectivity index (χ3n) is 2.70. The van der Waals surface area contributed by atoms with Crippen molar-refractivity contribution < 1.29 is 19.3 Å². The number of ether oxygens (including phenoxy) is 3. The summed E-state index contributed by atoms with van der Waals surface area (Å²) in [5, 5.41) is 9.88. The number of aliphatic hydroxyl groups is 1. The molecule has 0 amide bonds. The SMILES string of the molecule is CCCOc1c(OC)cc(C(O)CC)cc1OC. The lowest BCUT2D eigenvalue weighted by molar-refractivity contribution is 0.172. The van der Waals surface area contributed by atoms with Crippen molar-refractivity contribution in [2.45, 2.75) is 32.8 Å². The molecule has 0 saturated carbocycles. The van der Waals surface area contributed by atoms with E-state index in [1.54, 1.807) is 26.4 Å². The minimum Gasteiger partial charge on any atom is -0.493 e. The predicted octanol–water partition coefficient (Wildman–Crippen LogP) is 2.94. The summed E-state index contributed by atoms with van der Waals surface area (Å²) in [5.41, 5.74) is 0.773. The first kappa shape index (κ1) is 14.6. The van der Waals surface area contributed by atoms with E-state index >= 15 is 0 Å². The summed E-state index contributed by atoms with van der Waals surface area (Å²) in [6, 6.07) is 3.59. The minimum absolute atomic E-state index is 0.520. The number of benzene rings is 1. The van der Waals surface area contributed by atoms with Crippen LogP contribution in [0.2, 0.25) is 0 Å². The minimum atomic E-state index is -0.520. The quantitative estimate of drug-likeness (QED) is 0.812. The largest absolute Gasteiger partial charge is 0.493 e. The predicted molar refractivity (Wildman–Crippen MR) is 70.6 cm³/mol. The molecule has 1 rings (SSSR count). The van der Waals surface area contributed by atoms with Crippen LogP contribution in [0.25, 0.3) is 0 Å². The number of aliphatic hydroxyl groups excluding tert-OH is 1. The van der Waals surface area contributed by atoms with Gasteiger partial charge in [-0.15, -0.1) is 0 Å². The van der Waals surface area contributed by atoms with Crippen LogP contribution in [-0.2, 0) is 0 Å². The van der Waals surface area contributed by atoms with Gasteiger partial charge in [0.15, 0.2) is 11.5 Å². The van der Waals surface area contributed by atoms with Gasteiger partial charge in [0.25, 0.3) is 0 Å². The maximum absolute atomic E-state index is 9.88. The van der Waals surface area contributed by atoms with Crippen molar-refractivity contribution in [3.63, 3.8) is 0 Å². The molecule has 1 unspecified atom stereocenters. The average molecular weight is 254 g/mol. The molecule has 0 bridgehead atoms. The first-order chi connectivity index (χ1) is 8.67. The van der Waals surface area contributed by atoms with E-state index in [1.807, 2.05) is 13.8 Å². The fourth-order valence-corrected chi connectivity index (χ4v) is 1.67. The van der Waals surface area contributed by atoms with Crippen LogP contribution in [0.3, 0.4) is 0 Å². The van der Waals surface area contributed by atoms with Crippen LogP contribution >= 0.6 is 0 Å². The number of methoxy groups -OCH3 is 2. The molecule has 0 radical (unpaired) electrons. The average Bonchev–Trinajstić information content (AvgIpc) is 2.43. The van der Waals surface area contributed by atoms with Gasteiger partial charge >= 0.3 is 0 Å². The summed E-state index contributed by atoms with van der Waals surface area (Å²) in [7, 11) is 3.16. The summed E-state index contributed by atoms with van der Waals surface area (Å²) in [4.78, 5) is 0. The maximum Gasteiger partial charge on any atom is 0.203 e.